The third kappa shape index (κ3) is 2.56. The average Bonchev–Trinajstić information content (AvgIpc) is 3.19. The number of rotatable bonds is 3. The molecular formula is C22H16N2O3. The monoisotopic (exact) mass is 356 g/mol. The van der Waals surface area contributed by atoms with E-state index < -0.39 is 12.1 Å². The van der Waals surface area contributed by atoms with E-state index in [1.165, 1.54) is 4.90 Å². The molecule has 27 heavy (non-hydrogen) atoms. The van der Waals surface area contributed by atoms with Crippen molar-refractivity contribution in [1.82, 2.24) is 5.32 Å². The molecule has 5 heteroatoms. The van der Waals surface area contributed by atoms with Crippen molar-refractivity contribution in [2.45, 2.75) is 12.5 Å². The van der Waals surface area contributed by atoms with E-state index in [1.807, 2.05) is 60.7 Å². The molecule has 1 N–H and O–H groups in total. The number of urea groups is 1. The standard InChI is InChI=1S/C22H16N2O3/c25-21-18(12-14-6-2-1-3-7-14)23-22(26)24(21)15-10-11-17-16-8-4-5-9-19(16)27-20(17)13-15/h1-11,13,18H,12H2,(H,23,26). The van der Waals surface area contributed by atoms with Gasteiger partial charge < -0.3 is 9.73 Å². The Morgan fingerprint density at radius 2 is 1.59 bits per heavy atom. The first-order valence-electron chi connectivity index (χ1n) is 8.80. The quantitative estimate of drug-likeness (QED) is 0.558. The Hall–Kier alpha value is -3.60. The highest BCUT2D eigenvalue weighted by atomic mass is 16.3. The van der Waals surface area contributed by atoms with Crippen molar-refractivity contribution in [3.63, 3.8) is 0 Å². The minimum atomic E-state index is -0.564. The van der Waals surface area contributed by atoms with Gasteiger partial charge in [0.1, 0.15) is 17.2 Å². The van der Waals surface area contributed by atoms with Crippen molar-refractivity contribution < 1.29 is 14.0 Å². The summed E-state index contributed by atoms with van der Waals surface area (Å²) in [5.41, 5.74) is 2.95. The molecular weight excluding hydrogens is 340 g/mol. The Morgan fingerprint density at radius 1 is 0.852 bits per heavy atom. The van der Waals surface area contributed by atoms with Gasteiger partial charge in [0.05, 0.1) is 5.69 Å². The van der Waals surface area contributed by atoms with Crippen LogP contribution in [-0.4, -0.2) is 18.0 Å². The molecule has 1 unspecified atom stereocenters. The molecule has 4 aromatic rings. The number of hydrogen-bond donors (Lipinski definition) is 1. The van der Waals surface area contributed by atoms with Gasteiger partial charge in [-0.25, -0.2) is 9.69 Å². The van der Waals surface area contributed by atoms with Crippen LogP contribution in [0.5, 0.6) is 0 Å². The lowest BCUT2D eigenvalue weighted by Gasteiger charge is -2.13. The van der Waals surface area contributed by atoms with Gasteiger partial charge in [-0.3, -0.25) is 4.79 Å². The highest BCUT2D eigenvalue weighted by Crippen LogP contribution is 2.32. The minimum Gasteiger partial charge on any atom is -0.456 e. The van der Waals surface area contributed by atoms with Gasteiger partial charge in [0.25, 0.3) is 5.91 Å². The van der Waals surface area contributed by atoms with Crippen molar-refractivity contribution in [1.29, 1.82) is 0 Å². The Balaban J connectivity index is 1.49. The Kier molecular flexibility index (Phi) is 3.47. The smallest absolute Gasteiger partial charge is 0.329 e. The fourth-order valence-corrected chi connectivity index (χ4v) is 3.62. The summed E-state index contributed by atoms with van der Waals surface area (Å²) in [4.78, 5) is 26.5. The normalized spacial score (nSPS) is 17.0. The minimum absolute atomic E-state index is 0.251. The maximum atomic E-state index is 12.8. The number of amides is 3. The molecule has 2 heterocycles. The summed E-state index contributed by atoms with van der Waals surface area (Å²) in [6.45, 7) is 0. The molecule has 1 aliphatic rings. The van der Waals surface area contributed by atoms with E-state index in [-0.39, 0.29) is 5.91 Å². The molecule has 3 aromatic carbocycles. The first-order valence-corrected chi connectivity index (χ1v) is 8.80. The van der Waals surface area contributed by atoms with Crippen molar-refractivity contribution in [2.75, 3.05) is 4.90 Å². The fourth-order valence-electron chi connectivity index (χ4n) is 3.62. The van der Waals surface area contributed by atoms with Crippen molar-refractivity contribution >= 4 is 39.6 Å². The van der Waals surface area contributed by atoms with Gasteiger partial charge in [0.15, 0.2) is 0 Å². The number of carbonyl (C=O) groups is 2. The van der Waals surface area contributed by atoms with Gasteiger partial charge >= 0.3 is 6.03 Å². The van der Waals surface area contributed by atoms with Gasteiger partial charge in [0, 0.05) is 23.3 Å². The number of anilines is 1. The van der Waals surface area contributed by atoms with E-state index in [0.717, 1.165) is 21.9 Å². The number of carbonyl (C=O) groups excluding carboxylic acids is 2. The second-order valence-corrected chi connectivity index (χ2v) is 6.64. The number of para-hydroxylation sites is 1. The molecule has 5 nitrogen and oxygen atoms in total. The van der Waals surface area contributed by atoms with Crippen LogP contribution >= 0.6 is 0 Å². The number of hydrogen-bond acceptors (Lipinski definition) is 3. The third-order valence-electron chi connectivity index (χ3n) is 4.92. The van der Waals surface area contributed by atoms with E-state index in [9.17, 15) is 9.59 Å². The van der Waals surface area contributed by atoms with Gasteiger partial charge in [-0.1, -0.05) is 48.5 Å². The third-order valence-corrected chi connectivity index (χ3v) is 4.92. The summed E-state index contributed by atoms with van der Waals surface area (Å²) < 4.78 is 5.88. The van der Waals surface area contributed by atoms with Crippen LogP contribution < -0.4 is 10.2 Å². The Labute approximate surface area is 155 Å². The zero-order valence-electron chi connectivity index (χ0n) is 14.4. The van der Waals surface area contributed by atoms with Crippen molar-refractivity contribution in [2.24, 2.45) is 0 Å². The number of imide groups is 1. The number of benzene rings is 3. The summed E-state index contributed by atoms with van der Waals surface area (Å²) in [6.07, 6.45) is 0.467. The maximum Gasteiger partial charge on any atom is 0.329 e. The molecule has 0 saturated carbocycles. The Bertz CT molecular complexity index is 1180. The summed E-state index contributed by atoms with van der Waals surface area (Å²) in [7, 11) is 0. The predicted molar refractivity (Wildman–Crippen MR) is 104 cm³/mol. The summed E-state index contributed by atoms with van der Waals surface area (Å²) in [6, 6.07) is 21.9. The molecule has 1 fully saturated rings. The highest BCUT2D eigenvalue weighted by molar-refractivity contribution is 6.22. The highest BCUT2D eigenvalue weighted by Gasteiger charge is 2.39. The van der Waals surface area contributed by atoms with Gasteiger partial charge in [-0.05, 0) is 23.8 Å². The van der Waals surface area contributed by atoms with E-state index in [1.54, 1.807) is 12.1 Å². The second kappa shape index (κ2) is 5.99. The second-order valence-electron chi connectivity index (χ2n) is 6.64. The van der Waals surface area contributed by atoms with Crippen LogP contribution in [0.2, 0.25) is 0 Å². The van der Waals surface area contributed by atoms with Gasteiger partial charge in [-0.15, -0.1) is 0 Å². The predicted octanol–water partition coefficient (Wildman–Crippen LogP) is 4.25. The van der Waals surface area contributed by atoms with Crippen LogP contribution in [0.1, 0.15) is 5.56 Å². The molecule has 1 saturated heterocycles. The zero-order valence-corrected chi connectivity index (χ0v) is 14.4. The number of fused-ring (bicyclic) bond motifs is 3. The zero-order chi connectivity index (χ0) is 18.4. The number of nitrogens with one attached hydrogen (secondary N) is 1. The topological polar surface area (TPSA) is 62.6 Å². The van der Waals surface area contributed by atoms with E-state index >= 15 is 0 Å². The van der Waals surface area contributed by atoms with Crippen molar-refractivity contribution in [3.05, 3.63) is 78.4 Å². The fraction of sp³-hybridized carbons (Fsp3) is 0.0909. The summed E-state index contributed by atoms with van der Waals surface area (Å²) in [5.74, 6) is -0.251. The molecule has 0 radical (unpaired) electrons. The van der Waals surface area contributed by atoms with Crippen LogP contribution in [0, 0.1) is 0 Å². The molecule has 5 rings (SSSR count). The molecule has 0 aliphatic carbocycles. The molecule has 132 valence electrons. The summed E-state index contributed by atoms with van der Waals surface area (Å²) >= 11 is 0. The lowest BCUT2D eigenvalue weighted by atomic mass is 10.1. The van der Waals surface area contributed by atoms with Gasteiger partial charge in [0.2, 0.25) is 0 Å². The molecule has 1 aromatic heterocycles. The van der Waals surface area contributed by atoms with Crippen LogP contribution in [-0.2, 0) is 11.2 Å². The molecule has 0 bridgehead atoms. The van der Waals surface area contributed by atoms with Crippen molar-refractivity contribution in [3.8, 4) is 0 Å². The molecule has 1 atom stereocenters. The summed E-state index contributed by atoms with van der Waals surface area (Å²) in [5, 5.41) is 4.75. The average molecular weight is 356 g/mol. The van der Waals surface area contributed by atoms with Crippen LogP contribution in [0.25, 0.3) is 21.9 Å². The van der Waals surface area contributed by atoms with E-state index in [2.05, 4.69) is 5.32 Å². The Morgan fingerprint density at radius 3 is 2.44 bits per heavy atom. The molecule has 3 amide bonds. The lowest BCUT2D eigenvalue weighted by molar-refractivity contribution is -0.118. The number of nitrogens with zero attached hydrogens (tertiary/aromatic N) is 1. The first-order chi connectivity index (χ1) is 13.2. The largest absolute Gasteiger partial charge is 0.456 e. The first kappa shape index (κ1) is 15.6. The van der Waals surface area contributed by atoms with Crippen LogP contribution in [0.4, 0.5) is 10.5 Å². The van der Waals surface area contributed by atoms with Crippen LogP contribution in [0.15, 0.2) is 77.2 Å². The number of furan rings is 1. The van der Waals surface area contributed by atoms with E-state index in [4.69, 9.17) is 4.42 Å². The SMILES string of the molecule is O=C1NC(Cc2ccccc2)C(=O)N1c1ccc2c(c1)oc1ccccc12. The lowest BCUT2D eigenvalue weighted by Crippen LogP contribution is -2.32. The van der Waals surface area contributed by atoms with Crippen LogP contribution in [0.3, 0.4) is 0 Å². The molecule has 1 aliphatic heterocycles. The van der Waals surface area contributed by atoms with E-state index in [0.29, 0.717) is 17.7 Å². The van der Waals surface area contributed by atoms with Gasteiger partial charge in [-0.2, -0.15) is 0 Å². The molecule has 0 spiro atoms. The maximum absolute atomic E-state index is 12.8.